The van der Waals surface area contributed by atoms with Gasteiger partial charge < -0.3 is 9.47 Å². The number of carbonyl (C=O) groups is 1. The van der Waals surface area contributed by atoms with Gasteiger partial charge in [-0.05, 0) is 46.3 Å². The van der Waals surface area contributed by atoms with Crippen molar-refractivity contribution in [2.75, 3.05) is 7.11 Å². The van der Waals surface area contributed by atoms with Gasteiger partial charge in [0.15, 0.2) is 0 Å². The third-order valence-corrected chi connectivity index (χ3v) is 2.96. The second-order valence-electron chi connectivity index (χ2n) is 3.55. The zero-order chi connectivity index (χ0) is 13.0. The van der Waals surface area contributed by atoms with Gasteiger partial charge in [-0.2, -0.15) is 0 Å². The average Bonchev–Trinajstić information content (AvgIpc) is 2.40. The Morgan fingerprint density at radius 2 is 1.83 bits per heavy atom. The highest BCUT2D eigenvalue weighted by molar-refractivity contribution is 9.10. The summed E-state index contributed by atoms with van der Waals surface area (Å²) >= 11 is 3.34. The molecule has 2 rings (SSSR count). The topological polar surface area (TPSA) is 35.5 Å². The van der Waals surface area contributed by atoms with Crippen LogP contribution in [0.1, 0.15) is 10.4 Å². The molecule has 0 saturated heterocycles. The minimum Gasteiger partial charge on any atom is -0.496 e. The number of hydrogen-bond acceptors (Lipinski definition) is 3. The fraction of sp³-hybridized carbons (Fsp3) is 0.0714. The van der Waals surface area contributed by atoms with Gasteiger partial charge >= 0.3 is 5.97 Å². The van der Waals surface area contributed by atoms with Crippen LogP contribution in [0.4, 0.5) is 0 Å². The average molecular weight is 307 g/mol. The molecule has 0 aliphatic heterocycles. The molecule has 0 fully saturated rings. The van der Waals surface area contributed by atoms with Gasteiger partial charge in [0, 0.05) is 0 Å². The molecule has 0 N–H and O–H groups in total. The first kappa shape index (κ1) is 12.6. The van der Waals surface area contributed by atoms with E-state index in [1.807, 2.05) is 6.07 Å². The summed E-state index contributed by atoms with van der Waals surface area (Å²) in [5.74, 6) is 0.777. The molecule has 92 valence electrons. The molecule has 0 saturated carbocycles. The first-order chi connectivity index (χ1) is 8.70. The predicted molar refractivity (Wildman–Crippen MR) is 72.1 cm³/mol. The minimum absolute atomic E-state index is 0.382. The predicted octanol–water partition coefficient (Wildman–Crippen LogP) is 3.68. The molecule has 0 unspecified atom stereocenters. The van der Waals surface area contributed by atoms with Crippen molar-refractivity contribution in [3.8, 4) is 11.5 Å². The number of methoxy groups -OCH3 is 1. The van der Waals surface area contributed by atoms with E-state index >= 15 is 0 Å². The van der Waals surface area contributed by atoms with Crippen LogP contribution in [0.15, 0.2) is 53.0 Å². The fourth-order valence-electron chi connectivity index (χ4n) is 1.45. The molecule has 2 aromatic rings. The summed E-state index contributed by atoms with van der Waals surface area (Å²) in [6.45, 7) is 0. The van der Waals surface area contributed by atoms with Gasteiger partial charge in [-0.15, -0.1) is 0 Å². The van der Waals surface area contributed by atoms with Gasteiger partial charge in [-0.1, -0.05) is 18.2 Å². The number of carbonyl (C=O) groups excluding carboxylic acids is 1. The summed E-state index contributed by atoms with van der Waals surface area (Å²) < 4.78 is 11.1. The van der Waals surface area contributed by atoms with Crippen molar-refractivity contribution < 1.29 is 14.3 Å². The molecule has 0 bridgehead atoms. The Morgan fingerprint density at radius 1 is 1.11 bits per heavy atom. The van der Waals surface area contributed by atoms with E-state index in [2.05, 4.69) is 15.9 Å². The lowest BCUT2D eigenvalue weighted by Gasteiger charge is -2.07. The van der Waals surface area contributed by atoms with Gasteiger partial charge in [0.25, 0.3) is 0 Å². The molecule has 18 heavy (non-hydrogen) atoms. The number of esters is 1. The molecular formula is C14H11BrO3. The van der Waals surface area contributed by atoms with Crippen LogP contribution in [0.25, 0.3) is 0 Å². The van der Waals surface area contributed by atoms with Gasteiger partial charge in [0.05, 0.1) is 17.1 Å². The first-order valence-corrected chi connectivity index (χ1v) is 6.11. The van der Waals surface area contributed by atoms with Crippen LogP contribution < -0.4 is 9.47 Å². The van der Waals surface area contributed by atoms with E-state index < -0.39 is 0 Å². The Kier molecular flexibility index (Phi) is 3.99. The molecule has 0 heterocycles. The Balaban J connectivity index is 2.15. The molecule has 0 atom stereocenters. The maximum Gasteiger partial charge on any atom is 0.343 e. The van der Waals surface area contributed by atoms with Gasteiger partial charge in [-0.25, -0.2) is 4.79 Å². The number of ether oxygens (including phenoxy) is 2. The first-order valence-electron chi connectivity index (χ1n) is 5.31. The number of benzene rings is 2. The zero-order valence-electron chi connectivity index (χ0n) is 9.72. The fourth-order valence-corrected chi connectivity index (χ4v) is 1.97. The summed E-state index contributed by atoms with van der Waals surface area (Å²) in [6.07, 6.45) is 0. The van der Waals surface area contributed by atoms with Crippen LogP contribution in [-0.2, 0) is 0 Å². The lowest BCUT2D eigenvalue weighted by Crippen LogP contribution is -2.08. The lowest BCUT2D eigenvalue weighted by atomic mass is 10.2. The van der Waals surface area contributed by atoms with Gasteiger partial charge in [-0.3, -0.25) is 0 Å². The van der Waals surface area contributed by atoms with Crippen LogP contribution in [0.3, 0.4) is 0 Å². The lowest BCUT2D eigenvalue weighted by molar-refractivity contribution is 0.0734. The second kappa shape index (κ2) is 5.69. The van der Waals surface area contributed by atoms with Crippen molar-refractivity contribution in [1.82, 2.24) is 0 Å². The molecule has 0 aliphatic carbocycles. The molecule has 0 aromatic heterocycles. The molecular weight excluding hydrogens is 296 g/mol. The van der Waals surface area contributed by atoms with Crippen LogP contribution in [0.5, 0.6) is 11.5 Å². The quantitative estimate of drug-likeness (QED) is 0.641. The third kappa shape index (κ3) is 2.90. The Hall–Kier alpha value is -1.81. The standard InChI is InChI=1S/C14H11BrO3/c1-17-13-8-7-11(9-12(13)15)18-14(16)10-5-3-2-4-6-10/h2-9H,1H3. The van der Waals surface area contributed by atoms with Crippen molar-refractivity contribution in [1.29, 1.82) is 0 Å². The molecule has 0 amide bonds. The Bertz CT molecular complexity index is 552. The van der Waals surface area contributed by atoms with Crippen molar-refractivity contribution in [2.24, 2.45) is 0 Å². The molecule has 4 heteroatoms. The monoisotopic (exact) mass is 306 g/mol. The number of hydrogen-bond donors (Lipinski definition) is 0. The summed E-state index contributed by atoms with van der Waals surface area (Å²) in [7, 11) is 1.58. The molecule has 2 aromatic carbocycles. The molecule has 0 aliphatic rings. The van der Waals surface area contributed by atoms with E-state index in [9.17, 15) is 4.79 Å². The number of rotatable bonds is 3. The van der Waals surface area contributed by atoms with Crippen molar-refractivity contribution in [3.63, 3.8) is 0 Å². The summed E-state index contributed by atoms with van der Waals surface area (Å²) in [4.78, 5) is 11.8. The molecule has 0 radical (unpaired) electrons. The van der Waals surface area contributed by atoms with E-state index in [1.54, 1.807) is 49.6 Å². The second-order valence-corrected chi connectivity index (χ2v) is 4.41. The van der Waals surface area contributed by atoms with Crippen molar-refractivity contribution in [2.45, 2.75) is 0 Å². The van der Waals surface area contributed by atoms with E-state index in [-0.39, 0.29) is 5.97 Å². The van der Waals surface area contributed by atoms with Crippen LogP contribution >= 0.6 is 15.9 Å². The smallest absolute Gasteiger partial charge is 0.343 e. The van der Waals surface area contributed by atoms with Gasteiger partial charge in [0.2, 0.25) is 0 Å². The highest BCUT2D eigenvalue weighted by Gasteiger charge is 2.09. The normalized spacial score (nSPS) is 9.89. The SMILES string of the molecule is COc1ccc(OC(=O)c2ccccc2)cc1Br. The van der Waals surface area contributed by atoms with E-state index in [1.165, 1.54) is 0 Å². The number of halogens is 1. The van der Waals surface area contributed by atoms with Crippen LogP contribution in [0.2, 0.25) is 0 Å². The summed E-state index contributed by atoms with van der Waals surface area (Å²) in [5.41, 5.74) is 0.518. The third-order valence-electron chi connectivity index (χ3n) is 2.34. The minimum atomic E-state index is -0.382. The Labute approximate surface area is 113 Å². The van der Waals surface area contributed by atoms with Crippen molar-refractivity contribution in [3.05, 3.63) is 58.6 Å². The Morgan fingerprint density at radius 3 is 2.44 bits per heavy atom. The molecule has 3 nitrogen and oxygen atoms in total. The van der Waals surface area contributed by atoms with Gasteiger partial charge in [0.1, 0.15) is 11.5 Å². The highest BCUT2D eigenvalue weighted by atomic mass is 79.9. The zero-order valence-corrected chi connectivity index (χ0v) is 11.3. The maximum atomic E-state index is 11.8. The largest absolute Gasteiger partial charge is 0.496 e. The van der Waals surface area contributed by atoms with E-state index in [4.69, 9.17) is 9.47 Å². The highest BCUT2D eigenvalue weighted by Crippen LogP contribution is 2.29. The van der Waals surface area contributed by atoms with E-state index in [0.29, 0.717) is 17.1 Å². The van der Waals surface area contributed by atoms with E-state index in [0.717, 1.165) is 4.47 Å². The summed E-state index contributed by atoms with van der Waals surface area (Å²) in [6, 6.07) is 14.0. The summed E-state index contributed by atoms with van der Waals surface area (Å²) in [5, 5.41) is 0. The van der Waals surface area contributed by atoms with Crippen LogP contribution in [0, 0.1) is 0 Å². The molecule has 0 spiro atoms. The van der Waals surface area contributed by atoms with Crippen molar-refractivity contribution >= 4 is 21.9 Å². The van der Waals surface area contributed by atoms with Crippen LogP contribution in [-0.4, -0.2) is 13.1 Å². The maximum absolute atomic E-state index is 11.8.